The molecule has 5 rings (SSSR count). The molecule has 1 N–H and O–H groups in total. The lowest BCUT2D eigenvalue weighted by Gasteiger charge is -2.26. The number of aromatic nitrogens is 2. The first-order chi connectivity index (χ1) is 15.7. The van der Waals surface area contributed by atoms with E-state index < -0.39 is 12.1 Å². The summed E-state index contributed by atoms with van der Waals surface area (Å²) in [6.45, 7) is 3.01. The molecule has 9 nitrogen and oxygen atoms in total. The molecule has 0 bridgehead atoms. The number of carbonyl (C=O) groups is 2. The minimum absolute atomic E-state index is 0.0627. The molecular weight excluding hydrogens is 447 g/mol. The Bertz CT molecular complexity index is 995. The van der Waals surface area contributed by atoms with Crippen molar-refractivity contribution >= 4 is 11.9 Å². The van der Waals surface area contributed by atoms with Crippen molar-refractivity contribution in [2.75, 3.05) is 32.9 Å². The minimum atomic E-state index is -5.08. The number of carboxylic acids is 1. The first-order valence-corrected chi connectivity index (χ1v) is 10.4. The number of halogens is 3. The van der Waals surface area contributed by atoms with Crippen LogP contribution in [-0.4, -0.2) is 71.1 Å². The van der Waals surface area contributed by atoms with E-state index in [1.54, 1.807) is 6.20 Å². The van der Waals surface area contributed by atoms with Crippen molar-refractivity contribution in [2.45, 2.75) is 24.9 Å². The van der Waals surface area contributed by atoms with Gasteiger partial charge in [0.25, 0.3) is 5.91 Å². The second-order valence-corrected chi connectivity index (χ2v) is 8.41. The maximum absolute atomic E-state index is 12.9. The average molecular weight is 469 g/mol. The second-order valence-electron chi connectivity index (χ2n) is 8.41. The fourth-order valence-electron chi connectivity index (χ4n) is 3.95. The lowest BCUT2D eigenvalue weighted by Crippen LogP contribution is -2.38. The number of fused-ring (bicyclic) bond motifs is 1. The van der Waals surface area contributed by atoms with E-state index >= 15 is 0 Å². The SMILES string of the molecule is O=C(O)C(F)(F)F.O=C(c1cc(C2CC2)on1)N1C[C@@H]2COC[C@]2(COc2ccccn2)C1. The van der Waals surface area contributed by atoms with Crippen LogP contribution in [0.1, 0.15) is 35.0 Å². The van der Waals surface area contributed by atoms with Gasteiger partial charge in [0.1, 0.15) is 5.76 Å². The predicted molar refractivity (Wildman–Crippen MR) is 105 cm³/mol. The van der Waals surface area contributed by atoms with Crippen molar-refractivity contribution in [2.24, 2.45) is 11.3 Å². The number of ether oxygens (including phenoxy) is 2. The Morgan fingerprint density at radius 3 is 2.70 bits per heavy atom. The van der Waals surface area contributed by atoms with Crippen LogP contribution in [0.15, 0.2) is 35.0 Å². The van der Waals surface area contributed by atoms with Gasteiger partial charge in [-0.05, 0) is 18.9 Å². The maximum Gasteiger partial charge on any atom is 0.490 e. The summed E-state index contributed by atoms with van der Waals surface area (Å²) in [5.74, 6) is -0.662. The van der Waals surface area contributed by atoms with E-state index in [1.165, 1.54) is 0 Å². The molecule has 1 saturated carbocycles. The van der Waals surface area contributed by atoms with Crippen molar-refractivity contribution in [3.8, 4) is 5.88 Å². The molecule has 1 aliphatic carbocycles. The summed E-state index contributed by atoms with van der Waals surface area (Å²) in [5.41, 5.74) is 0.226. The van der Waals surface area contributed by atoms with Crippen LogP contribution in [0.3, 0.4) is 0 Å². The zero-order valence-electron chi connectivity index (χ0n) is 17.5. The number of pyridine rings is 1. The zero-order chi connectivity index (χ0) is 23.6. The van der Waals surface area contributed by atoms with Gasteiger partial charge in [-0.3, -0.25) is 4.79 Å². The van der Waals surface area contributed by atoms with Crippen molar-refractivity contribution in [1.82, 2.24) is 15.0 Å². The van der Waals surface area contributed by atoms with Gasteiger partial charge in [0.2, 0.25) is 5.88 Å². The van der Waals surface area contributed by atoms with E-state index in [4.69, 9.17) is 23.9 Å². The van der Waals surface area contributed by atoms with E-state index in [1.807, 2.05) is 29.2 Å². The van der Waals surface area contributed by atoms with Crippen LogP contribution in [0.2, 0.25) is 0 Å². The molecule has 2 aromatic rings. The molecule has 2 atom stereocenters. The molecule has 2 aromatic heterocycles. The summed E-state index contributed by atoms with van der Waals surface area (Å²) in [4.78, 5) is 27.8. The number of likely N-dealkylation sites (tertiary alicyclic amines) is 1. The summed E-state index contributed by atoms with van der Waals surface area (Å²) in [5, 5.41) is 11.1. The van der Waals surface area contributed by atoms with Crippen molar-refractivity contribution in [3.05, 3.63) is 41.9 Å². The smallest absolute Gasteiger partial charge is 0.477 e. The maximum atomic E-state index is 12.9. The molecule has 2 aliphatic heterocycles. The number of carboxylic acid groups (broad SMARTS) is 1. The van der Waals surface area contributed by atoms with E-state index in [-0.39, 0.29) is 17.2 Å². The number of nitrogens with zero attached hydrogens (tertiary/aromatic N) is 3. The van der Waals surface area contributed by atoms with Crippen LogP contribution in [0.4, 0.5) is 13.2 Å². The Labute approximate surface area is 186 Å². The van der Waals surface area contributed by atoms with Crippen LogP contribution in [0.25, 0.3) is 0 Å². The highest BCUT2D eigenvalue weighted by molar-refractivity contribution is 5.92. The lowest BCUT2D eigenvalue weighted by molar-refractivity contribution is -0.192. The number of rotatable bonds is 5. The Balaban J connectivity index is 0.000000325. The van der Waals surface area contributed by atoms with E-state index in [0.29, 0.717) is 50.4 Å². The van der Waals surface area contributed by atoms with Crippen LogP contribution in [-0.2, 0) is 9.53 Å². The summed E-state index contributed by atoms with van der Waals surface area (Å²) < 4.78 is 48.7. The van der Waals surface area contributed by atoms with Crippen molar-refractivity contribution in [1.29, 1.82) is 0 Å². The molecule has 3 fully saturated rings. The third-order valence-corrected chi connectivity index (χ3v) is 5.92. The third kappa shape index (κ3) is 5.27. The molecule has 0 radical (unpaired) electrons. The molecule has 2 saturated heterocycles. The standard InChI is InChI=1S/C19H21N3O4.C2HF3O2/c23-18(15-7-16(26-21-15)13-4-5-13)22-8-14-9-24-11-19(14,10-22)12-25-17-3-1-2-6-20-17;3-2(4,5)1(6)7/h1-3,6-7,13-14H,4-5,8-12H2;(H,6,7)/t14-,19+;/m1./s1. The van der Waals surface area contributed by atoms with Gasteiger partial charge in [-0.15, -0.1) is 0 Å². The summed E-state index contributed by atoms with van der Waals surface area (Å²) in [7, 11) is 0. The number of carbonyl (C=O) groups excluding carboxylic acids is 1. The average Bonchev–Trinajstić information content (AvgIpc) is 3.22. The number of hydrogen-bond donors (Lipinski definition) is 1. The van der Waals surface area contributed by atoms with Crippen molar-refractivity contribution in [3.63, 3.8) is 0 Å². The number of hydrogen-bond acceptors (Lipinski definition) is 7. The topological polar surface area (TPSA) is 115 Å². The van der Waals surface area contributed by atoms with Crippen molar-refractivity contribution < 1.29 is 41.9 Å². The fourth-order valence-corrected chi connectivity index (χ4v) is 3.95. The molecule has 0 spiro atoms. The lowest BCUT2D eigenvalue weighted by atomic mass is 9.82. The van der Waals surface area contributed by atoms with Crippen LogP contribution < -0.4 is 4.74 Å². The molecule has 0 unspecified atom stereocenters. The molecule has 4 heterocycles. The molecule has 12 heteroatoms. The predicted octanol–water partition coefficient (Wildman–Crippen LogP) is 2.75. The first-order valence-electron chi connectivity index (χ1n) is 10.4. The Hall–Kier alpha value is -3.15. The molecular formula is C21H22F3N3O6. The quantitative estimate of drug-likeness (QED) is 0.711. The largest absolute Gasteiger partial charge is 0.490 e. The molecule has 33 heavy (non-hydrogen) atoms. The van der Waals surface area contributed by atoms with Gasteiger partial charge in [0, 0.05) is 43.3 Å². The van der Waals surface area contributed by atoms with E-state index in [9.17, 15) is 18.0 Å². The minimum Gasteiger partial charge on any atom is -0.477 e. The highest BCUT2D eigenvalue weighted by Crippen LogP contribution is 2.43. The monoisotopic (exact) mass is 469 g/mol. The van der Waals surface area contributed by atoms with Gasteiger partial charge in [0.15, 0.2) is 5.69 Å². The van der Waals surface area contributed by atoms with Gasteiger partial charge in [0.05, 0.1) is 25.2 Å². The second kappa shape index (κ2) is 9.00. The Kier molecular flexibility index (Phi) is 6.28. The van der Waals surface area contributed by atoms with Crippen LogP contribution >= 0.6 is 0 Å². The normalized spacial score (nSPS) is 24.1. The van der Waals surface area contributed by atoms with Gasteiger partial charge in [-0.1, -0.05) is 11.2 Å². The van der Waals surface area contributed by atoms with E-state index in [0.717, 1.165) is 18.6 Å². The number of alkyl halides is 3. The molecule has 3 aliphatic rings. The summed E-state index contributed by atoms with van der Waals surface area (Å²) in [6.07, 6.45) is -1.12. The van der Waals surface area contributed by atoms with Gasteiger partial charge < -0.3 is 24.0 Å². The van der Waals surface area contributed by atoms with Crippen LogP contribution in [0.5, 0.6) is 5.88 Å². The first kappa shape index (κ1) is 23.0. The molecule has 0 aromatic carbocycles. The summed E-state index contributed by atoms with van der Waals surface area (Å²) in [6, 6.07) is 7.40. The Morgan fingerprint density at radius 1 is 1.30 bits per heavy atom. The van der Waals surface area contributed by atoms with Gasteiger partial charge in [-0.2, -0.15) is 13.2 Å². The van der Waals surface area contributed by atoms with E-state index in [2.05, 4.69) is 10.1 Å². The molecule has 1 amide bonds. The fraction of sp³-hybridized carbons (Fsp3) is 0.524. The van der Waals surface area contributed by atoms with Crippen LogP contribution in [0, 0.1) is 11.3 Å². The zero-order valence-corrected chi connectivity index (χ0v) is 17.5. The third-order valence-electron chi connectivity index (χ3n) is 5.92. The van der Waals surface area contributed by atoms with Gasteiger partial charge >= 0.3 is 12.1 Å². The number of amides is 1. The highest BCUT2D eigenvalue weighted by Gasteiger charge is 2.53. The summed E-state index contributed by atoms with van der Waals surface area (Å²) >= 11 is 0. The highest BCUT2D eigenvalue weighted by atomic mass is 19.4. The Morgan fingerprint density at radius 2 is 2.06 bits per heavy atom. The number of aliphatic carboxylic acids is 1. The molecule has 178 valence electrons. The van der Waals surface area contributed by atoms with Gasteiger partial charge in [-0.25, -0.2) is 9.78 Å².